The first-order valence-corrected chi connectivity index (χ1v) is 7.67. The maximum atomic E-state index is 5.29. The highest BCUT2D eigenvalue weighted by Crippen LogP contribution is 2.15. The molecule has 0 aromatic heterocycles. The second-order valence-electron chi connectivity index (χ2n) is 5.06. The summed E-state index contributed by atoms with van der Waals surface area (Å²) < 4.78 is 0. The predicted octanol–water partition coefficient (Wildman–Crippen LogP) is 4.55. The lowest BCUT2D eigenvalue weighted by molar-refractivity contribution is 0.884. The lowest BCUT2D eigenvalue weighted by atomic mass is 10.1. The lowest BCUT2D eigenvalue weighted by Crippen LogP contribution is -2.25. The van der Waals surface area contributed by atoms with E-state index >= 15 is 0 Å². The van der Waals surface area contributed by atoms with Crippen LogP contribution >= 0.6 is 12.2 Å². The molecule has 0 spiro atoms. The van der Waals surface area contributed by atoms with E-state index in [2.05, 4.69) is 55.7 Å². The quantitative estimate of drug-likeness (QED) is 0.459. The second-order valence-corrected chi connectivity index (χ2v) is 5.47. The molecule has 3 nitrogen and oxygen atoms in total. The van der Waals surface area contributed by atoms with Crippen molar-refractivity contribution in [3.63, 3.8) is 0 Å². The van der Waals surface area contributed by atoms with Crippen LogP contribution in [-0.4, -0.2) is 10.8 Å². The minimum absolute atomic E-state index is 0.543. The van der Waals surface area contributed by atoms with Gasteiger partial charge in [-0.3, -0.25) is 5.43 Å². The molecule has 0 aliphatic rings. The van der Waals surface area contributed by atoms with Crippen LogP contribution in [0.3, 0.4) is 0 Å². The van der Waals surface area contributed by atoms with Crippen LogP contribution in [0.4, 0.5) is 5.69 Å². The van der Waals surface area contributed by atoms with Crippen LogP contribution in [0.5, 0.6) is 0 Å². The summed E-state index contributed by atoms with van der Waals surface area (Å²) in [5, 5.41) is 8.14. The van der Waals surface area contributed by atoms with Gasteiger partial charge >= 0.3 is 0 Å². The normalized spacial score (nSPS) is 10.0. The van der Waals surface area contributed by atoms with Gasteiger partial charge in [-0.2, -0.15) is 5.10 Å². The summed E-state index contributed by atoms with van der Waals surface area (Å²) in [6.07, 6.45) is 4.26. The van der Waals surface area contributed by atoms with Gasteiger partial charge in [0.25, 0.3) is 0 Å². The van der Waals surface area contributed by atoms with E-state index in [9.17, 15) is 0 Å². The first-order valence-electron chi connectivity index (χ1n) is 7.26. The summed E-state index contributed by atoms with van der Waals surface area (Å²) in [5.74, 6) is 0. The molecule has 2 N–H and O–H groups in total. The number of hydrazone groups is 1. The molecule has 0 aliphatic heterocycles. The molecule has 0 aliphatic carbocycles. The molecular formula is C16H25N3S. The summed E-state index contributed by atoms with van der Waals surface area (Å²) in [4.78, 5) is 0. The van der Waals surface area contributed by atoms with Crippen molar-refractivity contribution in [2.75, 3.05) is 5.32 Å². The zero-order chi connectivity index (χ0) is 15.0. The third-order valence-electron chi connectivity index (χ3n) is 3.02. The minimum atomic E-state index is 0.543. The highest BCUT2D eigenvalue weighted by atomic mass is 32.1. The Kier molecular flexibility index (Phi) is 7.23. The number of thiocarbonyl (C=S) groups is 1. The van der Waals surface area contributed by atoms with E-state index in [-0.39, 0.29) is 0 Å². The van der Waals surface area contributed by atoms with Gasteiger partial charge in [0.05, 0.1) is 0 Å². The van der Waals surface area contributed by atoms with Gasteiger partial charge in [0.2, 0.25) is 0 Å². The summed E-state index contributed by atoms with van der Waals surface area (Å²) >= 11 is 5.29. The number of rotatable bonds is 6. The van der Waals surface area contributed by atoms with Crippen molar-refractivity contribution >= 4 is 28.7 Å². The Hall–Kier alpha value is -1.42. The molecule has 4 heteroatoms. The van der Waals surface area contributed by atoms with Crippen molar-refractivity contribution in [2.45, 2.75) is 53.4 Å². The van der Waals surface area contributed by atoms with E-state index in [4.69, 9.17) is 12.2 Å². The highest BCUT2D eigenvalue weighted by Gasteiger charge is 2.02. The fourth-order valence-electron chi connectivity index (χ4n) is 2.05. The van der Waals surface area contributed by atoms with E-state index in [0.29, 0.717) is 5.11 Å². The fraction of sp³-hybridized carbons (Fsp3) is 0.500. The Morgan fingerprint density at radius 2 is 1.80 bits per heavy atom. The van der Waals surface area contributed by atoms with Gasteiger partial charge in [0, 0.05) is 11.4 Å². The van der Waals surface area contributed by atoms with E-state index in [1.165, 1.54) is 16.8 Å². The molecule has 0 saturated carbocycles. The van der Waals surface area contributed by atoms with Crippen LogP contribution in [-0.2, 0) is 0 Å². The molecule has 0 fully saturated rings. The van der Waals surface area contributed by atoms with Crippen LogP contribution in [0, 0.1) is 13.8 Å². The molecule has 20 heavy (non-hydrogen) atoms. The predicted molar refractivity (Wildman–Crippen MR) is 92.5 cm³/mol. The third-order valence-corrected chi connectivity index (χ3v) is 3.22. The van der Waals surface area contributed by atoms with Gasteiger partial charge in [0.1, 0.15) is 0 Å². The van der Waals surface area contributed by atoms with E-state index in [1.807, 2.05) is 6.07 Å². The largest absolute Gasteiger partial charge is 0.331 e. The topological polar surface area (TPSA) is 36.4 Å². The maximum Gasteiger partial charge on any atom is 0.191 e. The molecule has 1 aromatic carbocycles. The van der Waals surface area contributed by atoms with Gasteiger partial charge in [0.15, 0.2) is 5.11 Å². The van der Waals surface area contributed by atoms with Crippen molar-refractivity contribution in [2.24, 2.45) is 5.10 Å². The smallest absolute Gasteiger partial charge is 0.191 e. The molecular weight excluding hydrogens is 266 g/mol. The van der Waals surface area contributed by atoms with Gasteiger partial charge in [-0.25, -0.2) is 0 Å². The molecule has 0 unspecified atom stereocenters. The van der Waals surface area contributed by atoms with Gasteiger partial charge in [-0.15, -0.1) is 0 Å². The molecule has 0 radical (unpaired) electrons. The van der Waals surface area contributed by atoms with Gasteiger partial charge in [-0.1, -0.05) is 44.4 Å². The van der Waals surface area contributed by atoms with Crippen molar-refractivity contribution < 1.29 is 0 Å². The van der Waals surface area contributed by atoms with E-state index in [1.54, 1.807) is 0 Å². The maximum absolute atomic E-state index is 5.29. The van der Waals surface area contributed by atoms with Gasteiger partial charge in [-0.05, 0) is 50.5 Å². The van der Waals surface area contributed by atoms with Crippen LogP contribution in [0.2, 0.25) is 0 Å². The van der Waals surface area contributed by atoms with Crippen LogP contribution in [0.25, 0.3) is 0 Å². The number of nitrogens with zero attached hydrogens (tertiary/aromatic N) is 1. The van der Waals surface area contributed by atoms with E-state index < -0.39 is 0 Å². The average molecular weight is 291 g/mol. The molecule has 1 aromatic rings. The SMILES string of the molecule is CCCC(CCC)=NNC(=S)Nc1ccc(C)cc1C. The molecule has 0 saturated heterocycles. The van der Waals surface area contributed by atoms with Crippen LogP contribution in [0.15, 0.2) is 23.3 Å². The molecule has 0 heterocycles. The van der Waals surface area contributed by atoms with Crippen LogP contribution < -0.4 is 10.7 Å². The second kappa shape index (κ2) is 8.69. The van der Waals surface area contributed by atoms with Crippen molar-refractivity contribution in [3.8, 4) is 0 Å². The molecule has 110 valence electrons. The molecule has 0 bridgehead atoms. The first kappa shape index (κ1) is 16.6. The number of aryl methyl sites for hydroxylation is 2. The summed E-state index contributed by atoms with van der Waals surface area (Å²) in [6.45, 7) is 8.48. The Balaban J connectivity index is 2.60. The van der Waals surface area contributed by atoms with Crippen molar-refractivity contribution in [1.82, 2.24) is 5.43 Å². The molecule has 0 amide bonds. The minimum Gasteiger partial charge on any atom is -0.331 e. The average Bonchev–Trinajstić information content (AvgIpc) is 2.40. The zero-order valence-electron chi connectivity index (χ0n) is 12.9. The number of hydrogen-bond donors (Lipinski definition) is 2. The van der Waals surface area contributed by atoms with Gasteiger partial charge < -0.3 is 5.32 Å². The zero-order valence-corrected chi connectivity index (χ0v) is 13.7. The fourth-order valence-corrected chi connectivity index (χ4v) is 2.20. The Morgan fingerprint density at radius 1 is 1.15 bits per heavy atom. The Labute approximate surface area is 127 Å². The summed E-state index contributed by atoms with van der Waals surface area (Å²) in [5.41, 5.74) is 7.58. The number of hydrogen-bond acceptors (Lipinski definition) is 2. The van der Waals surface area contributed by atoms with Crippen LogP contribution in [0.1, 0.15) is 50.7 Å². The third kappa shape index (κ3) is 5.70. The molecule has 0 atom stereocenters. The highest BCUT2D eigenvalue weighted by molar-refractivity contribution is 7.80. The first-order chi connectivity index (χ1) is 9.56. The Bertz CT molecular complexity index is 473. The summed E-state index contributed by atoms with van der Waals surface area (Å²) in [6, 6.07) is 6.25. The Morgan fingerprint density at radius 3 is 2.35 bits per heavy atom. The standard InChI is InChI=1S/C16H25N3S/c1-5-7-14(8-6-2)18-19-16(20)17-15-10-9-12(3)11-13(15)4/h9-11H,5-8H2,1-4H3,(H2,17,19,20). The number of anilines is 1. The summed E-state index contributed by atoms with van der Waals surface area (Å²) in [7, 11) is 0. The number of benzene rings is 1. The lowest BCUT2D eigenvalue weighted by Gasteiger charge is -2.11. The molecule has 1 rings (SSSR count). The number of nitrogens with one attached hydrogen (secondary N) is 2. The van der Waals surface area contributed by atoms with E-state index in [0.717, 1.165) is 31.4 Å². The monoisotopic (exact) mass is 291 g/mol. The van der Waals surface area contributed by atoms with Crippen molar-refractivity contribution in [1.29, 1.82) is 0 Å². The van der Waals surface area contributed by atoms with Crippen molar-refractivity contribution in [3.05, 3.63) is 29.3 Å².